The minimum Gasteiger partial charge on any atom is -0.367 e. The van der Waals surface area contributed by atoms with Gasteiger partial charge in [-0.3, -0.25) is 0 Å². The Bertz CT molecular complexity index is 1050. The first kappa shape index (κ1) is 23.9. The molecule has 2 aromatic carbocycles. The van der Waals surface area contributed by atoms with E-state index in [0.717, 1.165) is 42.1 Å². The molecule has 0 N–H and O–H groups in total. The van der Waals surface area contributed by atoms with Gasteiger partial charge in [0, 0.05) is 13.0 Å². The summed E-state index contributed by atoms with van der Waals surface area (Å²) in [7, 11) is -4.68. The molecule has 11 heteroatoms. The zero-order chi connectivity index (χ0) is 23.1. The average molecular weight is 484 g/mol. The van der Waals surface area contributed by atoms with Gasteiger partial charge in [-0.15, -0.1) is 11.8 Å². The molecular weight excluding hydrogens is 466 g/mol. The molecule has 0 aromatic heterocycles. The van der Waals surface area contributed by atoms with Gasteiger partial charge in [0.2, 0.25) is 0 Å². The first-order chi connectivity index (χ1) is 14.3. The summed E-state index contributed by atoms with van der Waals surface area (Å²) in [6.07, 6.45) is -8.69. The van der Waals surface area contributed by atoms with Gasteiger partial charge in [-0.25, -0.2) is 8.42 Å². The molecule has 1 aliphatic heterocycles. The van der Waals surface area contributed by atoms with Gasteiger partial charge in [0.1, 0.15) is 10.2 Å². The van der Waals surface area contributed by atoms with Gasteiger partial charge in [-0.2, -0.15) is 26.3 Å². The molecule has 0 radical (unpaired) electrons. The van der Waals surface area contributed by atoms with Crippen LogP contribution in [0, 0.1) is 0 Å². The van der Waals surface area contributed by atoms with E-state index in [2.05, 4.69) is 0 Å². The van der Waals surface area contributed by atoms with Crippen LogP contribution < -0.4 is 0 Å². The molecule has 2 aromatic rings. The maximum atomic E-state index is 13.8. The Balaban J connectivity index is 2.30. The molecule has 0 spiro atoms. The van der Waals surface area contributed by atoms with Crippen LogP contribution in [0.3, 0.4) is 0 Å². The van der Waals surface area contributed by atoms with E-state index in [0.29, 0.717) is 12.1 Å². The molecule has 1 aliphatic rings. The first-order valence-corrected chi connectivity index (χ1v) is 11.8. The van der Waals surface area contributed by atoms with Crippen molar-refractivity contribution in [3.8, 4) is 0 Å². The molecule has 1 heterocycles. The highest BCUT2D eigenvalue weighted by Crippen LogP contribution is 2.50. The maximum Gasteiger partial charge on any atom is 0.416 e. The summed E-state index contributed by atoms with van der Waals surface area (Å²) in [5.41, 5.74) is -3.55. The van der Waals surface area contributed by atoms with Crippen LogP contribution in [0.1, 0.15) is 29.5 Å². The normalized spacial score (nSPS) is 23.0. The lowest BCUT2D eigenvalue weighted by Crippen LogP contribution is -2.45. The largest absolute Gasteiger partial charge is 0.416 e. The van der Waals surface area contributed by atoms with Gasteiger partial charge >= 0.3 is 12.4 Å². The van der Waals surface area contributed by atoms with Crippen molar-refractivity contribution in [1.29, 1.82) is 0 Å². The van der Waals surface area contributed by atoms with Crippen LogP contribution in [-0.4, -0.2) is 26.7 Å². The number of ether oxygens (including phenoxy) is 1. The Kier molecular flexibility index (Phi) is 6.43. The van der Waals surface area contributed by atoms with Crippen LogP contribution in [-0.2, 0) is 31.7 Å². The average Bonchev–Trinajstić information content (AvgIpc) is 2.72. The lowest BCUT2D eigenvalue weighted by atomic mass is 9.87. The molecule has 0 bridgehead atoms. The molecule has 2 unspecified atom stereocenters. The van der Waals surface area contributed by atoms with Crippen molar-refractivity contribution in [3.63, 3.8) is 0 Å². The van der Waals surface area contributed by atoms with E-state index in [1.165, 1.54) is 6.07 Å². The van der Waals surface area contributed by atoms with Crippen molar-refractivity contribution in [3.05, 3.63) is 65.2 Å². The second-order valence-electron chi connectivity index (χ2n) is 7.06. The fourth-order valence-electron chi connectivity index (χ4n) is 3.76. The second-order valence-corrected chi connectivity index (χ2v) is 10.3. The van der Waals surface area contributed by atoms with Gasteiger partial charge in [0.15, 0.2) is 9.84 Å². The number of thioether (sulfide) groups is 1. The van der Waals surface area contributed by atoms with Crippen molar-refractivity contribution in [2.24, 2.45) is 0 Å². The fourth-order valence-corrected chi connectivity index (χ4v) is 6.73. The number of hydrogen-bond donors (Lipinski definition) is 0. The number of benzene rings is 2. The summed E-state index contributed by atoms with van der Waals surface area (Å²) in [6.45, 7) is -0.157. The van der Waals surface area contributed by atoms with Crippen LogP contribution in [0.2, 0.25) is 0 Å². The zero-order valence-electron chi connectivity index (χ0n) is 16.1. The van der Waals surface area contributed by atoms with E-state index in [1.54, 1.807) is 6.26 Å². The molecule has 31 heavy (non-hydrogen) atoms. The summed E-state index contributed by atoms with van der Waals surface area (Å²) >= 11 is 1.13. The minimum atomic E-state index is -4.85. The van der Waals surface area contributed by atoms with Crippen molar-refractivity contribution >= 4 is 21.6 Å². The van der Waals surface area contributed by atoms with Crippen LogP contribution >= 0.6 is 11.8 Å². The van der Waals surface area contributed by atoms with E-state index >= 15 is 0 Å². The predicted molar refractivity (Wildman–Crippen MR) is 104 cm³/mol. The van der Waals surface area contributed by atoms with E-state index < -0.39 is 54.0 Å². The lowest BCUT2D eigenvalue weighted by molar-refractivity contribution is -0.139. The van der Waals surface area contributed by atoms with Crippen LogP contribution in [0.25, 0.3) is 0 Å². The van der Waals surface area contributed by atoms with E-state index in [4.69, 9.17) is 4.74 Å². The summed E-state index contributed by atoms with van der Waals surface area (Å²) in [6, 6.07) is 7.39. The molecule has 0 amide bonds. The Morgan fingerprint density at radius 3 is 2.29 bits per heavy atom. The van der Waals surface area contributed by atoms with Gasteiger partial charge in [0.05, 0.1) is 16.0 Å². The van der Waals surface area contributed by atoms with Gasteiger partial charge in [-0.05, 0) is 42.5 Å². The van der Waals surface area contributed by atoms with Gasteiger partial charge < -0.3 is 4.74 Å². The molecule has 1 saturated heterocycles. The maximum absolute atomic E-state index is 13.8. The number of hydrogen-bond acceptors (Lipinski definition) is 4. The molecule has 2 atom stereocenters. The minimum absolute atomic E-state index is 0.157. The molecule has 170 valence electrons. The van der Waals surface area contributed by atoms with Crippen molar-refractivity contribution < 1.29 is 39.5 Å². The molecule has 0 aliphatic carbocycles. The van der Waals surface area contributed by atoms with E-state index in [9.17, 15) is 34.8 Å². The number of rotatable bonds is 4. The SMILES string of the molecule is CSC1CC(c2ccccc2C(F)(F)F)(S(=O)(=O)c2cccc(C(F)(F)F)c2)CCO1. The highest BCUT2D eigenvalue weighted by Gasteiger charge is 2.53. The Morgan fingerprint density at radius 1 is 1.00 bits per heavy atom. The molecule has 3 nitrogen and oxygen atoms in total. The summed E-state index contributed by atoms with van der Waals surface area (Å²) in [4.78, 5) is -0.680. The molecular formula is C20H18F6O3S2. The third-order valence-electron chi connectivity index (χ3n) is 5.28. The zero-order valence-corrected chi connectivity index (χ0v) is 17.8. The number of halogens is 6. The van der Waals surface area contributed by atoms with Gasteiger partial charge in [0.25, 0.3) is 0 Å². The lowest BCUT2D eigenvalue weighted by Gasteiger charge is -2.41. The second kappa shape index (κ2) is 8.32. The van der Waals surface area contributed by atoms with E-state index in [-0.39, 0.29) is 19.4 Å². The Labute approximate surface area is 179 Å². The highest BCUT2D eigenvalue weighted by molar-refractivity contribution is 7.99. The summed E-state index contributed by atoms with van der Waals surface area (Å²) in [5.74, 6) is 0. The third-order valence-corrected chi connectivity index (χ3v) is 8.60. The topological polar surface area (TPSA) is 43.4 Å². The third kappa shape index (κ3) is 4.45. The molecule has 1 fully saturated rings. The van der Waals surface area contributed by atoms with E-state index in [1.807, 2.05) is 0 Å². The predicted octanol–water partition coefficient (Wildman–Crippen LogP) is 5.89. The van der Waals surface area contributed by atoms with Crippen molar-refractivity contribution in [2.75, 3.05) is 12.9 Å². The summed E-state index contributed by atoms with van der Waals surface area (Å²) < 4.78 is 112. The smallest absolute Gasteiger partial charge is 0.367 e. The number of sulfone groups is 1. The fraction of sp³-hybridized carbons (Fsp3) is 0.400. The standard InChI is InChI=1S/C20H18F6O3S2/c1-30-17-12-18(9-10-29-17,15-7-2-3-8-16(15)20(24,25)26)31(27,28)14-6-4-5-13(11-14)19(21,22)23/h2-8,11,17H,9-10,12H2,1H3. The van der Waals surface area contributed by atoms with Crippen molar-refractivity contribution in [1.82, 2.24) is 0 Å². The summed E-state index contributed by atoms with van der Waals surface area (Å²) in [5, 5.41) is 0. The highest BCUT2D eigenvalue weighted by atomic mass is 32.2. The monoisotopic (exact) mass is 484 g/mol. The van der Waals surface area contributed by atoms with Gasteiger partial charge in [-0.1, -0.05) is 24.3 Å². The quantitative estimate of drug-likeness (QED) is 0.508. The Hall–Kier alpha value is -1.72. The molecule has 0 saturated carbocycles. The van der Waals surface area contributed by atoms with Crippen LogP contribution in [0.4, 0.5) is 26.3 Å². The Morgan fingerprint density at radius 2 is 1.68 bits per heavy atom. The molecule has 3 rings (SSSR count). The first-order valence-electron chi connectivity index (χ1n) is 9.06. The number of alkyl halides is 6. The van der Waals surface area contributed by atoms with Crippen molar-refractivity contribution in [2.45, 2.75) is 40.3 Å². The van der Waals surface area contributed by atoms with Crippen LogP contribution in [0.5, 0.6) is 0 Å². The van der Waals surface area contributed by atoms with Crippen LogP contribution in [0.15, 0.2) is 53.4 Å².